The van der Waals surface area contributed by atoms with Crippen LogP contribution in [0.15, 0.2) is 60.7 Å². The molecule has 1 aromatic heterocycles. The van der Waals surface area contributed by atoms with E-state index in [-0.39, 0.29) is 46.9 Å². The van der Waals surface area contributed by atoms with Crippen molar-refractivity contribution < 1.29 is 55.4 Å². The zero-order chi connectivity index (χ0) is 49.1. The number of fused-ring (bicyclic) bond motifs is 1. The molecule has 1 saturated heterocycles. The molecule has 2 heterocycles. The molecule has 0 radical (unpaired) electrons. The second kappa shape index (κ2) is 19.9. The molecule has 19 heteroatoms. The number of benzene rings is 3. The molecule has 0 bridgehead atoms. The lowest BCUT2D eigenvalue weighted by atomic mass is 9.81. The van der Waals surface area contributed by atoms with Crippen LogP contribution >= 0.6 is 0 Å². The van der Waals surface area contributed by atoms with E-state index in [2.05, 4.69) is 26.3 Å². The summed E-state index contributed by atoms with van der Waals surface area (Å²) in [5.74, 6) is -8.43. The highest BCUT2D eigenvalue weighted by atomic mass is 19.4. The third-order valence-electron chi connectivity index (χ3n) is 11.6. The van der Waals surface area contributed by atoms with E-state index in [0.717, 1.165) is 22.8 Å². The van der Waals surface area contributed by atoms with Gasteiger partial charge >= 0.3 is 24.3 Å². The summed E-state index contributed by atoms with van der Waals surface area (Å²) in [6.45, 7) is 13.8. The van der Waals surface area contributed by atoms with Gasteiger partial charge in [0.25, 0.3) is 5.91 Å². The highest BCUT2D eigenvalue weighted by Gasteiger charge is 2.61. The first kappa shape index (κ1) is 50.1. The first-order valence-corrected chi connectivity index (χ1v) is 22.3. The van der Waals surface area contributed by atoms with Crippen LogP contribution in [0.1, 0.15) is 101 Å². The van der Waals surface area contributed by atoms with Gasteiger partial charge in [-0.2, -0.15) is 22.0 Å². The number of anilines is 1. The number of nitrogens with one attached hydrogen (secondary N) is 5. The van der Waals surface area contributed by atoms with E-state index < -0.39 is 59.2 Å². The number of hydrogen-bond acceptors (Lipinski definition) is 8. The summed E-state index contributed by atoms with van der Waals surface area (Å²) in [7, 11) is 0. The van der Waals surface area contributed by atoms with E-state index in [0.29, 0.717) is 62.9 Å². The molecule has 1 aliphatic heterocycles. The minimum Gasteiger partial charge on any atom is -0.444 e. The van der Waals surface area contributed by atoms with E-state index in [9.17, 15) is 45.9 Å². The Kier molecular flexibility index (Phi) is 14.9. The lowest BCUT2D eigenvalue weighted by Gasteiger charge is -2.29. The van der Waals surface area contributed by atoms with Crippen LogP contribution in [0.5, 0.6) is 0 Å². The molecule has 362 valence electrons. The topological polar surface area (TPSA) is 184 Å². The molecule has 2 fully saturated rings. The monoisotopic (exact) mass is 939 g/mol. The maximum absolute atomic E-state index is 14.1. The number of rotatable bonds is 12. The summed E-state index contributed by atoms with van der Waals surface area (Å²) in [6, 6.07) is 15.0. The summed E-state index contributed by atoms with van der Waals surface area (Å²) >= 11 is 0. The standard InChI is InChI=1S/C48H58F5N7O7/c1-27-22-32(40(62)56-34-20-21-60(26-34)44(65)67-46(5,6)7)16-18-35(27)30-12-8-28(9-13-30)23-38(57-39(61)31-14-10-29(11-15-31)25-54-43(64)66-45(2,3)4)41(63)55-33-17-19-36-37(24-33)59-42(58-36)47(49,50)48(51,52)53/h8-9,12-13,16-19,22,24,29,31,34,38H,10-11,14-15,20-21,23,25-26H2,1-7H3,(H,54,64)(H,55,63)(H,56,62)(H,57,61)(H,58,59)/t29-,31-,34-,38+/m1/s1. The predicted molar refractivity (Wildman–Crippen MR) is 240 cm³/mol. The number of aryl methyl sites for hydroxylation is 1. The minimum atomic E-state index is -5.88. The summed E-state index contributed by atoms with van der Waals surface area (Å²) in [4.78, 5) is 72.7. The smallest absolute Gasteiger partial charge is 0.444 e. The SMILES string of the molecule is Cc1cc(C(=O)N[C@@H]2CCN(C(=O)OC(C)(C)C)C2)ccc1-c1ccc(C[C@H](NC(=O)[C@H]2CC[C@H](CNC(=O)OC(C)(C)C)CC2)C(=O)Nc2ccc3[nH]c(C(F)(F)C(F)(F)F)nc3c2)cc1. The summed E-state index contributed by atoms with van der Waals surface area (Å²) in [5, 5.41) is 11.3. The molecule has 67 heavy (non-hydrogen) atoms. The van der Waals surface area contributed by atoms with Gasteiger partial charge in [0, 0.05) is 49.3 Å². The number of H-pyrrole nitrogens is 1. The van der Waals surface area contributed by atoms with E-state index in [4.69, 9.17) is 9.47 Å². The lowest BCUT2D eigenvalue weighted by molar-refractivity contribution is -0.292. The van der Waals surface area contributed by atoms with Crippen LogP contribution in [0, 0.1) is 18.8 Å². The number of alkyl halides is 5. The van der Waals surface area contributed by atoms with Crippen LogP contribution in [0.3, 0.4) is 0 Å². The molecule has 0 unspecified atom stereocenters. The van der Waals surface area contributed by atoms with Crippen molar-refractivity contribution in [2.24, 2.45) is 11.8 Å². The van der Waals surface area contributed by atoms with Crippen LogP contribution in [0.25, 0.3) is 22.2 Å². The van der Waals surface area contributed by atoms with Gasteiger partial charge in [0.1, 0.15) is 17.2 Å². The number of nitrogens with zero attached hydrogens (tertiary/aromatic N) is 2. The molecule has 6 rings (SSSR count). The third kappa shape index (κ3) is 13.2. The van der Waals surface area contributed by atoms with Crippen molar-refractivity contribution in [3.8, 4) is 11.1 Å². The molecule has 4 aromatic rings. The highest BCUT2D eigenvalue weighted by Crippen LogP contribution is 2.43. The molecule has 5 amide bonds. The predicted octanol–water partition coefficient (Wildman–Crippen LogP) is 8.93. The fourth-order valence-electron chi connectivity index (χ4n) is 8.09. The molecule has 2 aliphatic rings. The number of carbonyl (C=O) groups is 5. The molecule has 14 nitrogen and oxygen atoms in total. The second-order valence-corrected chi connectivity index (χ2v) is 19.4. The molecule has 1 aliphatic carbocycles. The fourth-order valence-corrected chi connectivity index (χ4v) is 8.09. The Morgan fingerprint density at radius 3 is 2.13 bits per heavy atom. The van der Waals surface area contributed by atoms with Crippen LogP contribution in [-0.4, -0.2) is 93.9 Å². The van der Waals surface area contributed by atoms with Crippen LogP contribution in [0.2, 0.25) is 0 Å². The van der Waals surface area contributed by atoms with Crippen molar-refractivity contribution in [1.29, 1.82) is 0 Å². The van der Waals surface area contributed by atoms with Crippen molar-refractivity contribution in [3.05, 3.63) is 83.2 Å². The van der Waals surface area contributed by atoms with Gasteiger partial charge in [-0.15, -0.1) is 0 Å². The normalized spacial score (nSPS) is 18.5. The van der Waals surface area contributed by atoms with Crippen molar-refractivity contribution in [2.75, 3.05) is 25.0 Å². The minimum absolute atomic E-state index is 0.0320. The van der Waals surface area contributed by atoms with Gasteiger partial charge in [0.2, 0.25) is 11.8 Å². The number of halogens is 5. The van der Waals surface area contributed by atoms with E-state index in [1.165, 1.54) is 12.1 Å². The number of carbonyl (C=O) groups excluding carboxylic acids is 5. The first-order valence-electron chi connectivity index (χ1n) is 22.3. The Balaban J connectivity index is 1.13. The number of ether oxygens (including phenoxy) is 2. The number of hydrogen-bond donors (Lipinski definition) is 5. The number of aromatic nitrogens is 2. The largest absolute Gasteiger partial charge is 0.461 e. The zero-order valence-electron chi connectivity index (χ0n) is 38.6. The van der Waals surface area contributed by atoms with Gasteiger partial charge in [-0.1, -0.05) is 30.3 Å². The van der Waals surface area contributed by atoms with E-state index in [1.807, 2.05) is 30.1 Å². The molecule has 5 N–H and O–H groups in total. The Hall–Kier alpha value is -6.27. The van der Waals surface area contributed by atoms with Gasteiger partial charge in [0.15, 0.2) is 5.82 Å². The summed E-state index contributed by atoms with van der Waals surface area (Å²) in [5.41, 5.74) is 2.06. The maximum Gasteiger partial charge on any atom is 0.461 e. The van der Waals surface area contributed by atoms with E-state index in [1.54, 1.807) is 70.7 Å². The molecular formula is C48H58F5N7O7. The fraction of sp³-hybridized carbons (Fsp3) is 0.500. The Labute approximate surface area is 385 Å². The van der Waals surface area contributed by atoms with Gasteiger partial charge in [-0.05, 0) is 139 Å². The Bertz CT molecular complexity index is 2450. The number of likely N-dealkylation sites (tertiary alicyclic amines) is 1. The van der Waals surface area contributed by atoms with E-state index >= 15 is 0 Å². The summed E-state index contributed by atoms with van der Waals surface area (Å²) < 4.78 is 78.2. The summed E-state index contributed by atoms with van der Waals surface area (Å²) in [6.07, 6.45) is -3.91. The number of alkyl carbamates (subject to hydrolysis) is 1. The van der Waals surface area contributed by atoms with Crippen LogP contribution in [-0.2, 0) is 31.4 Å². The highest BCUT2D eigenvalue weighted by molar-refractivity contribution is 5.99. The Morgan fingerprint density at radius 1 is 0.836 bits per heavy atom. The lowest BCUT2D eigenvalue weighted by Crippen LogP contribution is -2.48. The van der Waals surface area contributed by atoms with Crippen molar-refractivity contribution in [1.82, 2.24) is 30.8 Å². The first-order chi connectivity index (χ1) is 31.2. The number of imidazole rings is 1. The molecule has 3 aromatic carbocycles. The second-order valence-electron chi connectivity index (χ2n) is 19.4. The van der Waals surface area contributed by atoms with Gasteiger partial charge in [-0.25, -0.2) is 14.6 Å². The third-order valence-corrected chi connectivity index (χ3v) is 11.6. The molecular weight excluding hydrogens is 882 g/mol. The van der Waals surface area contributed by atoms with Crippen molar-refractivity contribution in [3.63, 3.8) is 0 Å². The quantitative estimate of drug-likeness (QED) is 0.0873. The zero-order valence-corrected chi connectivity index (χ0v) is 38.6. The molecule has 2 atom stereocenters. The van der Waals surface area contributed by atoms with Crippen molar-refractivity contribution in [2.45, 2.75) is 122 Å². The molecule has 0 spiro atoms. The van der Waals surface area contributed by atoms with Gasteiger partial charge < -0.3 is 40.6 Å². The van der Waals surface area contributed by atoms with Crippen LogP contribution < -0.4 is 21.3 Å². The van der Waals surface area contributed by atoms with Crippen LogP contribution in [0.4, 0.5) is 37.2 Å². The van der Waals surface area contributed by atoms with Gasteiger partial charge in [0.05, 0.1) is 11.0 Å². The number of amides is 5. The maximum atomic E-state index is 14.1. The van der Waals surface area contributed by atoms with Crippen molar-refractivity contribution >= 4 is 46.6 Å². The molecule has 1 saturated carbocycles. The number of aromatic amines is 1. The average Bonchev–Trinajstić information content (AvgIpc) is 3.89. The van der Waals surface area contributed by atoms with Gasteiger partial charge in [-0.3, -0.25) is 14.4 Å². The average molecular weight is 940 g/mol. The Morgan fingerprint density at radius 2 is 1.51 bits per heavy atom.